The number of rotatable bonds is 6. The zero-order chi connectivity index (χ0) is 12.0. The van der Waals surface area contributed by atoms with Gasteiger partial charge in [0.1, 0.15) is 0 Å². The Hall–Kier alpha value is -0.670. The van der Waals surface area contributed by atoms with Gasteiger partial charge in [-0.3, -0.25) is 4.79 Å². The van der Waals surface area contributed by atoms with Crippen LogP contribution in [0.15, 0.2) is 28.7 Å². The second-order valence-electron chi connectivity index (χ2n) is 4.03. The van der Waals surface area contributed by atoms with Crippen LogP contribution >= 0.6 is 15.9 Å². The summed E-state index contributed by atoms with van der Waals surface area (Å²) < 4.78 is 1.04. The predicted molar refractivity (Wildman–Crippen MR) is 70.6 cm³/mol. The van der Waals surface area contributed by atoms with Gasteiger partial charge in [-0.2, -0.15) is 0 Å². The van der Waals surface area contributed by atoms with Gasteiger partial charge in [0.25, 0.3) is 0 Å². The topological polar surface area (TPSA) is 29.1 Å². The Bertz CT molecular complexity index is 334. The Morgan fingerprint density at radius 2 is 2.00 bits per heavy atom. The van der Waals surface area contributed by atoms with Crippen molar-refractivity contribution in [1.29, 1.82) is 0 Å². The van der Waals surface area contributed by atoms with Crippen LogP contribution in [0.3, 0.4) is 0 Å². The van der Waals surface area contributed by atoms with Gasteiger partial charge in [0.2, 0.25) is 0 Å². The molecule has 0 saturated carbocycles. The molecule has 1 aromatic carbocycles. The van der Waals surface area contributed by atoms with Crippen LogP contribution in [0.5, 0.6) is 0 Å². The minimum atomic E-state index is 0.239. The van der Waals surface area contributed by atoms with E-state index in [1.807, 2.05) is 24.3 Å². The van der Waals surface area contributed by atoms with Crippen molar-refractivity contribution < 1.29 is 4.79 Å². The molecule has 1 rings (SSSR count). The molecule has 1 N–H and O–H groups in total. The highest BCUT2D eigenvalue weighted by atomic mass is 79.9. The van der Waals surface area contributed by atoms with Gasteiger partial charge in [0, 0.05) is 16.9 Å². The highest BCUT2D eigenvalue weighted by molar-refractivity contribution is 9.10. The van der Waals surface area contributed by atoms with E-state index < -0.39 is 0 Å². The molecule has 88 valence electrons. The summed E-state index contributed by atoms with van der Waals surface area (Å²) in [5.74, 6) is 0.239. The van der Waals surface area contributed by atoms with Gasteiger partial charge in [0.05, 0.1) is 6.54 Å². The average molecular weight is 284 g/mol. The Morgan fingerprint density at radius 3 is 2.56 bits per heavy atom. The van der Waals surface area contributed by atoms with E-state index in [2.05, 4.69) is 35.1 Å². The molecule has 0 aliphatic carbocycles. The van der Waals surface area contributed by atoms with Crippen LogP contribution in [0.1, 0.15) is 25.8 Å². The Morgan fingerprint density at radius 1 is 1.38 bits per heavy atom. The highest BCUT2D eigenvalue weighted by Gasteiger charge is 2.05. The standard InChI is InChI=1S/C13H18BrNO/c1-3-10(2)15-9-13(16)8-11-4-6-12(14)7-5-11/h4-7,10,15H,3,8-9H2,1-2H3. The van der Waals surface area contributed by atoms with Crippen molar-refractivity contribution in [2.24, 2.45) is 0 Å². The number of halogens is 1. The lowest BCUT2D eigenvalue weighted by atomic mass is 10.1. The first-order valence-corrected chi connectivity index (χ1v) is 6.40. The maximum absolute atomic E-state index is 11.6. The molecule has 0 heterocycles. The van der Waals surface area contributed by atoms with Crippen LogP contribution in [0, 0.1) is 0 Å². The minimum absolute atomic E-state index is 0.239. The molecule has 1 unspecified atom stereocenters. The molecule has 0 bridgehead atoms. The molecule has 0 spiro atoms. The molecule has 0 aromatic heterocycles. The second kappa shape index (κ2) is 6.81. The van der Waals surface area contributed by atoms with Crippen LogP contribution in [0.25, 0.3) is 0 Å². The maximum Gasteiger partial charge on any atom is 0.150 e. The van der Waals surface area contributed by atoms with E-state index in [0.29, 0.717) is 19.0 Å². The number of hydrogen-bond donors (Lipinski definition) is 1. The van der Waals surface area contributed by atoms with Gasteiger partial charge >= 0.3 is 0 Å². The molecule has 0 saturated heterocycles. The minimum Gasteiger partial charge on any atom is -0.307 e. The molecule has 16 heavy (non-hydrogen) atoms. The van der Waals surface area contributed by atoms with Crippen molar-refractivity contribution in [3.05, 3.63) is 34.3 Å². The Balaban J connectivity index is 2.37. The SMILES string of the molecule is CCC(C)NCC(=O)Cc1ccc(Br)cc1. The first-order valence-electron chi connectivity index (χ1n) is 5.61. The van der Waals surface area contributed by atoms with Crippen LogP contribution < -0.4 is 5.32 Å². The van der Waals surface area contributed by atoms with E-state index >= 15 is 0 Å². The van der Waals surface area contributed by atoms with Gasteiger partial charge in [-0.25, -0.2) is 0 Å². The first-order chi connectivity index (χ1) is 7.61. The molecule has 3 heteroatoms. The van der Waals surface area contributed by atoms with Gasteiger partial charge in [-0.15, -0.1) is 0 Å². The van der Waals surface area contributed by atoms with E-state index in [1.54, 1.807) is 0 Å². The fourth-order valence-electron chi connectivity index (χ4n) is 1.32. The zero-order valence-electron chi connectivity index (χ0n) is 9.79. The number of carbonyl (C=O) groups excluding carboxylic acids is 1. The van der Waals surface area contributed by atoms with Gasteiger partial charge in [-0.1, -0.05) is 35.0 Å². The lowest BCUT2D eigenvalue weighted by Crippen LogP contribution is -2.31. The van der Waals surface area contributed by atoms with Crippen molar-refractivity contribution in [2.75, 3.05) is 6.54 Å². The summed E-state index contributed by atoms with van der Waals surface area (Å²) in [5, 5.41) is 3.20. The van der Waals surface area contributed by atoms with Crippen molar-refractivity contribution in [1.82, 2.24) is 5.32 Å². The van der Waals surface area contributed by atoms with E-state index in [1.165, 1.54) is 0 Å². The van der Waals surface area contributed by atoms with Crippen molar-refractivity contribution in [3.8, 4) is 0 Å². The molecular formula is C13H18BrNO. The fraction of sp³-hybridized carbons (Fsp3) is 0.462. The summed E-state index contributed by atoms with van der Waals surface area (Å²) in [6.07, 6.45) is 1.56. The fourth-order valence-corrected chi connectivity index (χ4v) is 1.59. The smallest absolute Gasteiger partial charge is 0.150 e. The third-order valence-corrected chi connectivity index (χ3v) is 3.10. The van der Waals surface area contributed by atoms with E-state index in [4.69, 9.17) is 0 Å². The summed E-state index contributed by atoms with van der Waals surface area (Å²) in [6.45, 7) is 4.66. The number of nitrogens with one attached hydrogen (secondary N) is 1. The number of Topliss-reactive ketones (excluding diaryl/α,β-unsaturated/α-hetero) is 1. The number of benzene rings is 1. The van der Waals surface area contributed by atoms with Crippen molar-refractivity contribution in [3.63, 3.8) is 0 Å². The average Bonchev–Trinajstić information content (AvgIpc) is 2.29. The monoisotopic (exact) mass is 283 g/mol. The van der Waals surface area contributed by atoms with E-state index in [9.17, 15) is 4.79 Å². The van der Waals surface area contributed by atoms with E-state index in [-0.39, 0.29) is 5.78 Å². The van der Waals surface area contributed by atoms with Crippen LogP contribution in [0.4, 0.5) is 0 Å². The molecule has 2 nitrogen and oxygen atoms in total. The molecule has 0 radical (unpaired) electrons. The largest absolute Gasteiger partial charge is 0.307 e. The second-order valence-corrected chi connectivity index (χ2v) is 4.95. The molecule has 1 aromatic rings. The summed E-state index contributed by atoms with van der Waals surface area (Å²) >= 11 is 3.37. The van der Waals surface area contributed by atoms with E-state index in [0.717, 1.165) is 16.5 Å². The lowest BCUT2D eigenvalue weighted by Gasteiger charge is -2.10. The maximum atomic E-state index is 11.6. The molecule has 1 atom stereocenters. The van der Waals surface area contributed by atoms with Crippen LogP contribution in [-0.4, -0.2) is 18.4 Å². The lowest BCUT2D eigenvalue weighted by molar-refractivity contribution is -0.117. The highest BCUT2D eigenvalue weighted by Crippen LogP contribution is 2.10. The third kappa shape index (κ3) is 4.90. The molecular weight excluding hydrogens is 266 g/mol. The molecule has 0 amide bonds. The number of hydrogen-bond acceptors (Lipinski definition) is 2. The summed E-state index contributed by atoms with van der Waals surface area (Å²) in [6, 6.07) is 8.29. The zero-order valence-corrected chi connectivity index (χ0v) is 11.4. The number of carbonyl (C=O) groups is 1. The van der Waals surface area contributed by atoms with Gasteiger partial charge < -0.3 is 5.32 Å². The predicted octanol–water partition coefficient (Wildman–Crippen LogP) is 2.95. The van der Waals surface area contributed by atoms with Gasteiger partial charge in [-0.05, 0) is 31.0 Å². The third-order valence-electron chi connectivity index (χ3n) is 2.57. The molecule has 0 aliphatic heterocycles. The summed E-state index contributed by atoms with van der Waals surface area (Å²) in [4.78, 5) is 11.6. The van der Waals surface area contributed by atoms with Crippen LogP contribution in [0.2, 0.25) is 0 Å². The van der Waals surface area contributed by atoms with Crippen molar-refractivity contribution >= 4 is 21.7 Å². The van der Waals surface area contributed by atoms with Crippen LogP contribution in [-0.2, 0) is 11.2 Å². The first kappa shape index (κ1) is 13.4. The normalized spacial score (nSPS) is 12.4. The number of ketones is 1. The van der Waals surface area contributed by atoms with Gasteiger partial charge in [0.15, 0.2) is 5.78 Å². The summed E-state index contributed by atoms with van der Waals surface area (Å²) in [7, 11) is 0. The van der Waals surface area contributed by atoms with Crippen molar-refractivity contribution in [2.45, 2.75) is 32.7 Å². The Labute approximate surface area is 106 Å². The summed E-state index contributed by atoms with van der Waals surface area (Å²) in [5.41, 5.74) is 1.07. The molecule has 0 fully saturated rings. The Kier molecular flexibility index (Phi) is 5.71. The molecule has 0 aliphatic rings. The quantitative estimate of drug-likeness (QED) is 0.870.